The number of para-hydroxylation sites is 1. The van der Waals surface area contributed by atoms with Gasteiger partial charge in [0, 0.05) is 17.8 Å². The van der Waals surface area contributed by atoms with E-state index in [1.54, 1.807) is 11.3 Å². The molecule has 1 heterocycles. The van der Waals surface area contributed by atoms with Crippen molar-refractivity contribution < 1.29 is 4.79 Å². The second kappa shape index (κ2) is 6.28. The first-order valence-corrected chi connectivity index (χ1v) is 11.8. The van der Waals surface area contributed by atoms with Gasteiger partial charge in [-0.3, -0.25) is 4.79 Å². The molecule has 4 aliphatic rings. The first kappa shape index (κ1) is 18.1. The van der Waals surface area contributed by atoms with E-state index < -0.39 is 0 Å². The Morgan fingerprint density at radius 2 is 2.00 bits per heavy atom. The van der Waals surface area contributed by atoms with Crippen molar-refractivity contribution in [2.24, 2.45) is 17.3 Å². The summed E-state index contributed by atoms with van der Waals surface area (Å²) >= 11 is 5.78. The third kappa shape index (κ3) is 3.15. The highest BCUT2D eigenvalue weighted by Crippen LogP contribution is 2.65. The lowest BCUT2D eigenvalue weighted by Gasteiger charge is -2.60. The van der Waals surface area contributed by atoms with Crippen LogP contribution < -0.4 is 0 Å². The Kier molecular flexibility index (Phi) is 4.21. The molecular weight excluding hydrogens is 420 g/mol. The summed E-state index contributed by atoms with van der Waals surface area (Å²) in [5, 5.41) is 1.04. The van der Waals surface area contributed by atoms with E-state index in [1.165, 1.54) is 43.2 Å². The van der Waals surface area contributed by atoms with Crippen LogP contribution in [0.4, 0.5) is 0 Å². The van der Waals surface area contributed by atoms with Gasteiger partial charge in [-0.25, -0.2) is 4.98 Å². The highest BCUT2D eigenvalue weighted by atomic mass is 79.9. The fourth-order valence-electron chi connectivity index (χ4n) is 6.44. The number of benzene rings is 1. The van der Waals surface area contributed by atoms with Gasteiger partial charge in [-0.2, -0.15) is 0 Å². The number of alkyl halides is 1. The summed E-state index contributed by atoms with van der Waals surface area (Å²) < 4.78 is 1.51. The van der Waals surface area contributed by atoms with Crippen molar-refractivity contribution >= 4 is 43.4 Å². The normalized spacial score (nSPS) is 35.5. The Bertz CT molecular complexity index is 846. The van der Waals surface area contributed by atoms with E-state index in [4.69, 9.17) is 4.98 Å². The van der Waals surface area contributed by atoms with E-state index in [0.717, 1.165) is 22.4 Å². The molecule has 3 atom stereocenters. The monoisotopic (exact) mass is 446 g/mol. The number of aromatic nitrogens is 1. The quantitative estimate of drug-likeness (QED) is 0.544. The van der Waals surface area contributed by atoms with Crippen LogP contribution >= 0.6 is 27.3 Å². The topological polar surface area (TPSA) is 33.2 Å². The van der Waals surface area contributed by atoms with Gasteiger partial charge < -0.3 is 4.90 Å². The van der Waals surface area contributed by atoms with Crippen LogP contribution in [-0.4, -0.2) is 27.2 Å². The zero-order chi connectivity index (χ0) is 18.8. The number of nitrogens with zero attached hydrogens (tertiary/aromatic N) is 2. The highest BCUT2D eigenvalue weighted by molar-refractivity contribution is 9.10. The summed E-state index contributed by atoms with van der Waals surface area (Å²) in [4.78, 5) is 20.0. The molecule has 0 N–H and O–H groups in total. The van der Waals surface area contributed by atoms with E-state index in [9.17, 15) is 4.79 Å². The maximum Gasteiger partial charge on any atom is 0.223 e. The van der Waals surface area contributed by atoms with Gasteiger partial charge in [-0.15, -0.1) is 11.3 Å². The predicted molar refractivity (Wildman–Crippen MR) is 114 cm³/mol. The molecule has 6 rings (SSSR count). The summed E-state index contributed by atoms with van der Waals surface area (Å²) in [7, 11) is 1.96. The van der Waals surface area contributed by atoms with Gasteiger partial charge >= 0.3 is 0 Å². The fraction of sp³-hybridized carbons (Fsp3) is 0.636. The maximum absolute atomic E-state index is 13.2. The molecule has 0 spiro atoms. The number of fused-ring (bicyclic) bond motifs is 1. The number of hydrogen-bond donors (Lipinski definition) is 0. The van der Waals surface area contributed by atoms with Gasteiger partial charge in [0.1, 0.15) is 5.01 Å². The van der Waals surface area contributed by atoms with Crippen molar-refractivity contribution in [2.75, 3.05) is 7.05 Å². The number of hydrogen-bond acceptors (Lipinski definition) is 3. The standard InChI is InChI=1S/C22H27BrN2OS/c1-14(20-24-17-5-3-4-6-18(17)27-20)25(2)19(26)12-21-8-15-7-16(9-21)11-22(23,10-15)13-21/h3-6,14-16H,7-13H2,1-2H3/t14-,15+,16+,21?,22?/m0/s1. The molecule has 4 fully saturated rings. The Hall–Kier alpha value is -0.940. The SMILES string of the molecule is C[C@@H](c1nc2ccccc2s1)N(C)C(=O)CC12C[C@H]3C[C@@H](CC(Br)(C3)C1)C2. The average Bonchev–Trinajstić information content (AvgIpc) is 3.01. The lowest BCUT2D eigenvalue weighted by molar-refractivity contribution is -0.139. The molecule has 27 heavy (non-hydrogen) atoms. The Morgan fingerprint density at radius 3 is 2.67 bits per heavy atom. The van der Waals surface area contributed by atoms with Gasteiger partial charge in [0.05, 0.1) is 16.3 Å². The van der Waals surface area contributed by atoms with Gasteiger partial charge in [0.25, 0.3) is 0 Å². The molecule has 4 bridgehead atoms. The van der Waals surface area contributed by atoms with Crippen molar-refractivity contribution in [3.63, 3.8) is 0 Å². The Labute approximate surface area is 173 Å². The molecule has 4 aliphatic carbocycles. The van der Waals surface area contributed by atoms with Crippen LogP contribution in [0.25, 0.3) is 10.2 Å². The predicted octanol–water partition coefficient (Wildman–Crippen LogP) is 5.94. The van der Waals surface area contributed by atoms with Crippen LogP contribution in [0.3, 0.4) is 0 Å². The van der Waals surface area contributed by atoms with Gasteiger partial charge in [-0.05, 0) is 74.8 Å². The number of halogens is 1. The van der Waals surface area contributed by atoms with E-state index in [2.05, 4.69) is 35.0 Å². The Balaban J connectivity index is 1.33. The summed E-state index contributed by atoms with van der Waals surface area (Å²) in [5.74, 6) is 1.94. The highest BCUT2D eigenvalue weighted by Gasteiger charge is 2.57. The maximum atomic E-state index is 13.2. The zero-order valence-corrected chi connectivity index (χ0v) is 18.5. The van der Waals surface area contributed by atoms with Crippen molar-refractivity contribution in [3.8, 4) is 0 Å². The summed E-state index contributed by atoms with van der Waals surface area (Å²) in [6, 6.07) is 8.26. The van der Waals surface area contributed by atoms with Gasteiger partial charge in [-0.1, -0.05) is 28.1 Å². The average molecular weight is 447 g/mol. The first-order valence-electron chi connectivity index (χ1n) is 10.1. The second-order valence-electron chi connectivity index (χ2n) is 9.49. The summed E-state index contributed by atoms with van der Waals surface area (Å²) in [6.45, 7) is 2.11. The minimum absolute atomic E-state index is 0.0294. The lowest BCUT2D eigenvalue weighted by atomic mass is 9.48. The smallest absolute Gasteiger partial charge is 0.223 e. The molecule has 1 aromatic heterocycles. The number of amides is 1. The molecule has 5 heteroatoms. The van der Waals surface area contributed by atoms with E-state index >= 15 is 0 Å². The minimum atomic E-state index is 0.0294. The van der Waals surface area contributed by atoms with Gasteiger partial charge in [0.15, 0.2) is 0 Å². The lowest BCUT2D eigenvalue weighted by Crippen LogP contribution is -2.54. The van der Waals surface area contributed by atoms with Crippen molar-refractivity contribution in [3.05, 3.63) is 29.3 Å². The molecular formula is C22H27BrN2OS. The molecule has 0 unspecified atom stereocenters. The molecule has 4 saturated carbocycles. The zero-order valence-electron chi connectivity index (χ0n) is 16.1. The van der Waals surface area contributed by atoms with E-state index in [1.807, 2.05) is 24.1 Å². The molecule has 144 valence electrons. The third-order valence-electron chi connectivity index (χ3n) is 7.28. The van der Waals surface area contributed by atoms with Crippen molar-refractivity contribution in [2.45, 2.75) is 62.2 Å². The number of carbonyl (C=O) groups excluding carboxylic acids is 1. The Morgan fingerprint density at radius 1 is 1.30 bits per heavy atom. The van der Waals surface area contributed by atoms with E-state index in [-0.39, 0.29) is 11.5 Å². The molecule has 0 radical (unpaired) electrons. The molecule has 1 amide bonds. The number of carbonyl (C=O) groups is 1. The van der Waals surface area contributed by atoms with Crippen molar-refractivity contribution in [1.29, 1.82) is 0 Å². The molecule has 0 aliphatic heterocycles. The first-order chi connectivity index (χ1) is 12.8. The van der Waals surface area contributed by atoms with E-state index in [0.29, 0.717) is 16.7 Å². The third-order valence-corrected chi connectivity index (χ3v) is 9.41. The molecule has 1 aromatic carbocycles. The number of thiazole rings is 1. The van der Waals surface area contributed by atoms with Crippen LogP contribution in [-0.2, 0) is 4.79 Å². The van der Waals surface area contributed by atoms with Crippen molar-refractivity contribution in [1.82, 2.24) is 9.88 Å². The minimum Gasteiger partial charge on any atom is -0.337 e. The summed E-state index contributed by atoms with van der Waals surface area (Å²) in [6.07, 6.45) is 8.43. The van der Waals surface area contributed by atoms with Crippen LogP contribution in [0.1, 0.15) is 62.9 Å². The molecule has 2 aromatic rings. The molecule has 3 nitrogen and oxygen atoms in total. The van der Waals surface area contributed by atoms with Crippen LogP contribution in [0.2, 0.25) is 0 Å². The van der Waals surface area contributed by atoms with Crippen LogP contribution in [0.5, 0.6) is 0 Å². The fourth-order valence-corrected chi connectivity index (χ4v) is 9.01. The molecule has 0 saturated heterocycles. The van der Waals surface area contributed by atoms with Crippen LogP contribution in [0.15, 0.2) is 24.3 Å². The largest absolute Gasteiger partial charge is 0.337 e. The summed E-state index contributed by atoms with van der Waals surface area (Å²) in [5.41, 5.74) is 1.26. The van der Waals surface area contributed by atoms with Gasteiger partial charge in [0.2, 0.25) is 5.91 Å². The number of rotatable bonds is 4. The second-order valence-corrected chi connectivity index (χ2v) is 12.2. The van der Waals surface area contributed by atoms with Crippen LogP contribution in [0, 0.1) is 17.3 Å².